The molecule has 0 atom stereocenters. The summed E-state index contributed by atoms with van der Waals surface area (Å²) in [5.41, 5.74) is 3.50. The number of benzene rings is 3. The van der Waals surface area contributed by atoms with Crippen molar-refractivity contribution in [2.75, 3.05) is 64.0 Å². The molecule has 8 nitrogen and oxygen atoms in total. The molecular weight excluding hydrogens is 476 g/mol. The number of rotatable bonds is 10. The van der Waals surface area contributed by atoms with Gasteiger partial charge in [0, 0.05) is 55.2 Å². The Hall–Kier alpha value is -3.78. The summed E-state index contributed by atoms with van der Waals surface area (Å²) < 4.78 is 44.4. The minimum absolute atomic E-state index is 0.442. The van der Waals surface area contributed by atoms with Gasteiger partial charge < -0.3 is 37.9 Å². The Bertz CT molecular complexity index is 1050. The van der Waals surface area contributed by atoms with E-state index in [4.69, 9.17) is 33.2 Å². The van der Waals surface area contributed by atoms with E-state index in [2.05, 4.69) is 4.74 Å². The average Bonchev–Trinajstić information content (AvgIpc) is 2.93. The van der Waals surface area contributed by atoms with Gasteiger partial charge in [0.2, 0.25) is 0 Å². The Morgan fingerprint density at radius 3 is 1.11 bits per heavy atom. The monoisotopic (exact) mass is 514 g/mol. The van der Waals surface area contributed by atoms with Crippen molar-refractivity contribution < 1.29 is 37.9 Å². The van der Waals surface area contributed by atoms with Crippen LogP contribution in [-0.4, -0.2) is 64.0 Å². The van der Waals surface area contributed by atoms with Crippen molar-refractivity contribution in [3.63, 3.8) is 0 Å². The van der Waals surface area contributed by atoms with E-state index < -0.39 is 5.92 Å². The molecule has 0 spiro atoms. The van der Waals surface area contributed by atoms with Crippen LogP contribution < -0.4 is 33.2 Å². The summed E-state index contributed by atoms with van der Waals surface area (Å²) >= 11 is 0. The van der Waals surface area contributed by atoms with Gasteiger partial charge in [0.25, 0.3) is 0 Å². The fourth-order valence-electron chi connectivity index (χ4n) is 4.15. The van der Waals surface area contributed by atoms with Crippen molar-refractivity contribution in [2.45, 2.75) is 12.8 Å². The van der Waals surface area contributed by atoms with Crippen molar-refractivity contribution in [3.05, 3.63) is 64.7 Å². The Labute approximate surface area is 219 Å². The molecule has 0 fully saturated rings. The van der Waals surface area contributed by atoms with Gasteiger partial charge in [-0.15, -0.1) is 0 Å². The van der Waals surface area contributed by atoms with Crippen LogP contribution in [-0.2, 0) is 4.74 Å². The van der Waals surface area contributed by atoms with Crippen LogP contribution in [0.5, 0.6) is 40.2 Å². The van der Waals surface area contributed by atoms with Gasteiger partial charge in [-0.25, -0.2) is 0 Å². The highest BCUT2D eigenvalue weighted by atomic mass is 16.5. The van der Waals surface area contributed by atoms with E-state index >= 15 is 0 Å². The maximum atomic E-state index is 5.84. The molecule has 0 saturated carbocycles. The minimum Gasteiger partial charge on any atom is -0.496 e. The van der Waals surface area contributed by atoms with E-state index in [1.807, 2.05) is 49.4 Å². The predicted octanol–water partition coefficient (Wildman–Crippen LogP) is 5.50. The van der Waals surface area contributed by atoms with E-state index in [0.29, 0.717) is 40.2 Å². The molecular formula is C29H38O8. The first-order chi connectivity index (χ1) is 17.9. The highest BCUT2D eigenvalue weighted by molar-refractivity contribution is 5.66. The van der Waals surface area contributed by atoms with Crippen molar-refractivity contribution in [1.29, 1.82) is 0 Å². The molecule has 0 radical (unpaired) electrons. The zero-order valence-electron chi connectivity index (χ0n) is 23.4. The van der Waals surface area contributed by atoms with Crippen LogP contribution in [0.3, 0.4) is 0 Å². The van der Waals surface area contributed by atoms with Gasteiger partial charge >= 0.3 is 0 Å². The topological polar surface area (TPSA) is 73.8 Å². The molecule has 37 heavy (non-hydrogen) atoms. The van der Waals surface area contributed by atoms with Crippen molar-refractivity contribution >= 4 is 0 Å². The second-order valence-electron chi connectivity index (χ2n) is 7.98. The van der Waals surface area contributed by atoms with Gasteiger partial charge in [-0.1, -0.05) is 12.1 Å². The van der Waals surface area contributed by atoms with Crippen LogP contribution in [0.1, 0.15) is 28.2 Å². The lowest BCUT2D eigenvalue weighted by Gasteiger charge is -2.28. The third kappa shape index (κ3) is 6.51. The molecule has 0 heterocycles. The molecule has 0 amide bonds. The quantitative estimate of drug-likeness (QED) is 0.329. The number of hydrogen-bond donors (Lipinski definition) is 0. The van der Waals surface area contributed by atoms with Gasteiger partial charge in [-0.2, -0.15) is 0 Å². The van der Waals surface area contributed by atoms with Crippen LogP contribution in [0.4, 0.5) is 0 Å². The Kier molecular flexibility index (Phi) is 11.2. The number of aryl methyl sites for hydroxylation is 1. The first-order valence-corrected chi connectivity index (χ1v) is 11.5. The van der Waals surface area contributed by atoms with Gasteiger partial charge in [-0.3, -0.25) is 0 Å². The smallest absolute Gasteiger partial charge is 0.130 e. The Balaban J connectivity index is 0.00000153. The lowest BCUT2D eigenvalue weighted by Crippen LogP contribution is -2.12. The Morgan fingerprint density at radius 2 is 0.811 bits per heavy atom. The molecule has 0 aromatic heterocycles. The van der Waals surface area contributed by atoms with Crippen LogP contribution in [0.15, 0.2) is 42.5 Å². The lowest BCUT2D eigenvalue weighted by molar-refractivity contribution is 0.277. The molecule has 8 heteroatoms. The van der Waals surface area contributed by atoms with Crippen LogP contribution >= 0.6 is 0 Å². The summed E-state index contributed by atoms with van der Waals surface area (Å²) in [7, 11) is 14.6. The number of methoxy groups -OCH3 is 8. The largest absolute Gasteiger partial charge is 0.496 e. The standard InChI is InChI=1S/C27H32O7.C2H6O/c1-16-9-10-19(20(11-16)30-4)25(26-21(31-5)12-17(28-2)13-22(26)32-6)27-23(33-7)14-18(29-3)15-24(27)34-8;1-3-2/h9-15,25H,1-8H3;1-2H3. The molecule has 202 valence electrons. The minimum atomic E-state index is -0.442. The summed E-state index contributed by atoms with van der Waals surface area (Å²) in [5.74, 6) is 3.84. The summed E-state index contributed by atoms with van der Waals surface area (Å²) in [4.78, 5) is 0. The molecule has 0 saturated heterocycles. The average molecular weight is 515 g/mol. The second-order valence-corrected chi connectivity index (χ2v) is 7.98. The highest BCUT2D eigenvalue weighted by Gasteiger charge is 2.33. The molecule has 0 aliphatic heterocycles. The predicted molar refractivity (Wildman–Crippen MR) is 144 cm³/mol. The van der Waals surface area contributed by atoms with E-state index in [0.717, 1.165) is 22.3 Å². The summed E-state index contributed by atoms with van der Waals surface area (Å²) in [6.07, 6.45) is 0. The Morgan fingerprint density at radius 1 is 0.459 bits per heavy atom. The van der Waals surface area contributed by atoms with Crippen LogP contribution in [0.25, 0.3) is 0 Å². The maximum Gasteiger partial charge on any atom is 0.130 e. The fourth-order valence-corrected chi connectivity index (χ4v) is 4.15. The molecule has 3 aromatic rings. The van der Waals surface area contributed by atoms with Gasteiger partial charge in [0.15, 0.2) is 0 Å². The fraction of sp³-hybridized carbons (Fsp3) is 0.379. The first kappa shape index (κ1) is 29.5. The lowest BCUT2D eigenvalue weighted by atomic mass is 9.82. The molecule has 3 aromatic carbocycles. The SMILES string of the molecule is COC.COc1cc(OC)c(C(c2ccc(C)cc2OC)c2c(OC)cc(OC)cc2OC)c(OC)c1. The molecule has 0 bridgehead atoms. The maximum absolute atomic E-state index is 5.84. The highest BCUT2D eigenvalue weighted by Crippen LogP contribution is 2.52. The molecule has 0 aliphatic carbocycles. The van der Waals surface area contributed by atoms with E-state index in [1.165, 1.54) is 0 Å². The van der Waals surface area contributed by atoms with Gasteiger partial charge in [0.1, 0.15) is 40.2 Å². The second kappa shape index (κ2) is 14.1. The van der Waals surface area contributed by atoms with Gasteiger partial charge in [0.05, 0.1) is 55.7 Å². The molecule has 0 aliphatic rings. The summed E-state index contributed by atoms with van der Waals surface area (Å²) in [6, 6.07) is 13.4. The van der Waals surface area contributed by atoms with Crippen molar-refractivity contribution in [2.24, 2.45) is 0 Å². The van der Waals surface area contributed by atoms with E-state index in [-0.39, 0.29) is 0 Å². The van der Waals surface area contributed by atoms with Crippen LogP contribution in [0.2, 0.25) is 0 Å². The summed E-state index contributed by atoms with van der Waals surface area (Å²) in [5, 5.41) is 0. The third-order valence-corrected chi connectivity index (χ3v) is 5.78. The van der Waals surface area contributed by atoms with E-state index in [9.17, 15) is 0 Å². The molecule has 0 unspecified atom stereocenters. The zero-order chi connectivity index (χ0) is 27.5. The number of hydrogen-bond acceptors (Lipinski definition) is 8. The van der Waals surface area contributed by atoms with Crippen LogP contribution in [0, 0.1) is 6.92 Å². The normalized spacial score (nSPS) is 10.2. The number of ether oxygens (including phenoxy) is 8. The van der Waals surface area contributed by atoms with Crippen molar-refractivity contribution in [1.82, 2.24) is 0 Å². The summed E-state index contributed by atoms with van der Waals surface area (Å²) in [6.45, 7) is 2.02. The van der Waals surface area contributed by atoms with Gasteiger partial charge in [-0.05, 0) is 18.6 Å². The molecule has 0 N–H and O–H groups in total. The third-order valence-electron chi connectivity index (χ3n) is 5.78. The molecule has 3 rings (SSSR count). The zero-order valence-corrected chi connectivity index (χ0v) is 23.4. The van der Waals surface area contributed by atoms with Crippen molar-refractivity contribution in [3.8, 4) is 40.2 Å². The van der Waals surface area contributed by atoms with E-state index in [1.54, 1.807) is 64.0 Å². The first-order valence-electron chi connectivity index (χ1n) is 11.5.